The molecule has 0 aliphatic carbocycles. The molecule has 0 amide bonds. The van der Waals surface area contributed by atoms with Crippen molar-refractivity contribution in [1.29, 1.82) is 0 Å². The van der Waals surface area contributed by atoms with Gasteiger partial charge in [0.05, 0.1) is 18.0 Å². The van der Waals surface area contributed by atoms with Gasteiger partial charge in [0.15, 0.2) is 0 Å². The van der Waals surface area contributed by atoms with E-state index in [0.29, 0.717) is 19.5 Å². The van der Waals surface area contributed by atoms with Crippen molar-refractivity contribution >= 4 is 15.7 Å². The number of benzene rings is 1. The largest absolute Gasteiger partial charge is 0.388 e. The van der Waals surface area contributed by atoms with Crippen LogP contribution in [0.5, 0.6) is 0 Å². The van der Waals surface area contributed by atoms with Crippen molar-refractivity contribution in [3.05, 3.63) is 29.3 Å². The van der Waals surface area contributed by atoms with Crippen LogP contribution >= 0.6 is 0 Å². The van der Waals surface area contributed by atoms with Gasteiger partial charge in [-0.05, 0) is 49.4 Å². The number of rotatable bonds is 5. The van der Waals surface area contributed by atoms with Crippen LogP contribution in [-0.4, -0.2) is 32.9 Å². The van der Waals surface area contributed by atoms with Gasteiger partial charge in [-0.2, -0.15) is 0 Å². The molecule has 1 aliphatic rings. The predicted molar refractivity (Wildman–Crippen MR) is 80.2 cm³/mol. The van der Waals surface area contributed by atoms with Gasteiger partial charge >= 0.3 is 0 Å². The van der Waals surface area contributed by atoms with Crippen LogP contribution in [0.4, 0.5) is 5.69 Å². The number of aliphatic hydroxyl groups is 1. The molecule has 0 radical (unpaired) electrons. The maximum absolute atomic E-state index is 11.8. The van der Waals surface area contributed by atoms with E-state index in [2.05, 4.69) is 0 Å². The minimum atomic E-state index is -3.23. The zero-order chi connectivity index (χ0) is 14.8. The van der Waals surface area contributed by atoms with E-state index >= 15 is 0 Å². The molecule has 20 heavy (non-hydrogen) atoms. The molecule has 112 valence electrons. The molecular formula is C14H22N2O3S. The third kappa shape index (κ3) is 3.31. The van der Waals surface area contributed by atoms with Crippen molar-refractivity contribution < 1.29 is 13.5 Å². The summed E-state index contributed by atoms with van der Waals surface area (Å²) in [6, 6.07) is 5.54. The van der Waals surface area contributed by atoms with Gasteiger partial charge in [-0.25, -0.2) is 8.42 Å². The van der Waals surface area contributed by atoms with Crippen LogP contribution in [0.15, 0.2) is 18.2 Å². The van der Waals surface area contributed by atoms with Crippen LogP contribution in [-0.2, 0) is 16.4 Å². The molecule has 3 N–H and O–H groups in total. The minimum Gasteiger partial charge on any atom is -0.388 e. The molecule has 1 unspecified atom stereocenters. The highest BCUT2D eigenvalue weighted by Gasteiger charge is 2.24. The van der Waals surface area contributed by atoms with Crippen LogP contribution in [0, 0.1) is 0 Å². The lowest BCUT2D eigenvalue weighted by Crippen LogP contribution is -2.34. The SMILES string of the molecule is CS(=O)(=O)N1CCCc2cc(C(O)CCCN)ccc21. The van der Waals surface area contributed by atoms with Gasteiger partial charge in [0, 0.05) is 6.54 Å². The molecule has 5 nitrogen and oxygen atoms in total. The van der Waals surface area contributed by atoms with E-state index in [9.17, 15) is 13.5 Å². The highest BCUT2D eigenvalue weighted by Crippen LogP contribution is 2.32. The summed E-state index contributed by atoms with van der Waals surface area (Å²) in [6.45, 7) is 1.09. The fourth-order valence-corrected chi connectivity index (χ4v) is 3.61. The predicted octanol–water partition coefficient (Wildman–Crippen LogP) is 1.17. The fourth-order valence-electron chi connectivity index (χ4n) is 2.61. The molecule has 1 aromatic carbocycles. The maximum Gasteiger partial charge on any atom is 0.232 e. The van der Waals surface area contributed by atoms with E-state index in [4.69, 9.17) is 5.73 Å². The smallest absolute Gasteiger partial charge is 0.232 e. The van der Waals surface area contributed by atoms with E-state index < -0.39 is 16.1 Å². The monoisotopic (exact) mass is 298 g/mol. The van der Waals surface area contributed by atoms with E-state index in [1.807, 2.05) is 12.1 Å². The van der Waals surface area contributed by atoms with Gasteiger partial charge in [-0.15, -0.1) is 0 Å². The molecule has 0 saturated carbocycles. The maximum atomic E-state index is 11.8. The number of aryl methyl sites for hydroxylation is 1. The standard InChI is InChI=1S/C14H22N2O3S/c1-20(18,19)16-9-3-4-11-10-12(6-7-13(11)16)14(17)5-2-8-15/h6-7,10,14,17H,2-5,8-9,15H2,1H3. The number of fused-ring (bicyclic) bond motifs is 1. The molecule has 1 aromatic rings. The molecule has 0 saturated heterocycles. The Balaban J connectivity index is 2.28. The molecule has 1 aliphatic heterocycles. The Morgan fingerprint density at radius 1 is 1.45 bits per heavy atom. The minimum absolute atomic E-state index is 0.529. The van der Waals surface area contributed by atoms with Gasteiger partial charge in [0.25, 0.3) is 0 Å². The second kappa shape index (κ2) is 6.11. The highest BCUT2D eigenvalue weighted by atomic mass is 32.2. The Labute approximate surface area is 120 Å². The van der Waals surface area contributed by atoms with Crippen LogP contribution < -0.4 is 10.0 Å². The number of hydrogen-bond donors (Lipinski definition) is 2. The van der Waals surface area contributed by atoms with Crippen LogP contribution in [0.25, 0.3) is 0 Å². The Morgan fingerprint density at radius 3 is 2.85 bits per heavy atom. The van der Waals surface area contributed by atoms with E-state index in [1.54, 1.807) is 6.07 Å². The first-order valence-electron chi connectivity index (χ1n) is 6.92. The average Bonchev–Trinajstić information content (AvgIpc) is 2.42. The third-order valence-corrected chi connectivity index (χ3v) is 4.83. The highest BCUT2D eigenvalue weighted by molar-refractivity contribution is 7.92. The molecule has 2 rings (SSSR count). The zero-order valence-electron chi connectivity index (χ0n) is 11.7. The number of aliphatic hydroxyl groups excluding tert-OH is 1. The van der Waals surface area contributed by atoms with Crippen molar-refractivity contribution in [1.82, 2.24) is 0 Å². The molecule has 0 fully saturated rings. The number of anilines is 1. The van der Waals surface area contributed by atoms with Crippen molar-refractivity contribution in [2.75, 3.05) is 23.7 Å². The first kappa shape index (κ1) is 15.3. The van der Waals surface area contributed by atoms with Crippen LogP contribution in [0.3, 0.4) is 0 Å². The second-order valence-corrected chi connectivity index (χ2v) is 7.18. The number of hydrogen-bond acceptors (Lipinski definition) is 4. The van der Waals surface area contributed by atoms with Crippen molar-refractivity contribution in [3.8, 4) is 0 Å². The Bertz CT molecular complexity index is 572. The van der Waals surface area contributed by atoms with E-state index in [1.165, 1.54) is 10.6 Å². The molecule has 0 spiro atoms. The molecular weight excluding hydrogens is 276 g/mol. The Kier molecular flexibility index (Phi) is 4.67. The van der Waals surface area contributed by atoms with Crippen LogP contribution in [0.1, 0.15) is 36.5 Å². The topological polar surface area (TPSA) is 83.6 Å². The number of nitrogens with two attached hydrogens (primary N) is 1. The summed E-state index contributed by atoms with van der Waals surface area (Å²) in [5.74, 6) is 0. The lowest BCUT2D eigenvalue weighted by molar-refractivity contribution is 0.165. The summed E-state index contributed by atoms with van der Waals surface area (Å²) in [7, 11) is -3.23. The molecule has 0 aromatic heterocycles. The third-order valence-electron chi connectivity index (χ3n) is 3.65. The van der Waals surface area contributed by atoms with Gasteiger partial charge in [-0.1, -0.05) is 12.1 Å². The summed E-state index contributed by atoms with van der Waals surface area (Å²) >= 11 is 0. The fraction of sp³-hybridized carbons (Fsp3) is 0.571. The van der Waals surface area contributed by atoms with Gasteiger partial charge in [0.2, 0.25) is 10.0 Å². The molecule has 1 heterocycles. The average molecular weight is 298 g/mol. The Hall–Kier alpha value is -1.11. The lowest BCUT2D eigenvalue weighted by atomic mass is 9.97. The quantitative estimate of drug-likeness (QED) is 0.855. The van der Waals surface area contributed by atoms with Gasteiger partial charge < -0.3 is 10.8 Å². The molecule has 0 bridgehead atoms. The summed E-state index contributed by atoms with van der Waals surface area (Å²) in [5.41, 5.74) is 8.02. The normalized spacial score (nSPS) is 16.9. The zero-order valence-corrected chi connectivity index (χ0v) is 12.6. The van der Waals surface area contributed by atoms with Crippen molar-refractivity contribution in [2.45, 2.75) is 31.8 Å². The van der Waals surface area contributed by atoms with E-state index in [0.717, 1.165) is 36.1 Å². The number of nitrogens with zero attached hydrogens (tertiary/aromatic N) is 1. The van der Waals surface area contributed by atoms with Gasteiger partial charge in [0.1, 0.15) is 0 Å². The summed E-state index contributed by atoms with van der Waals surface area (Å²) in [4.78, 5) is 0. The summed E-state index contributed by atoms with van der Waals surface area (Å²) in [6.07, 6.45) is 3.75. The first-order chi connectivity index (χ1) is 9.43. The molecule has 1 atom stereocenters. The first-order valence-corrected chi connectivity index (χ1v) is 8.77. The lowest BCUT2D eigenvalue weighted by Gasteiger charge is -2.29. The summed E-state index contributed by atoms with van der Waals surface area (Å²) in [5, 5.41) is 10.1. The van der Waals surface area contributed by atoms with Crippen molar-refractivity contribution in [3.63, 3.8) is 0 Å². The van der Waals surface area contributed by atoms with Crippen LogP contribution in [0.2, 0.25) is 0 Å². The Morgan fingerprint density at radius 2 is 2.20 bits per heavy atom. The molecule has 6 heteroatoms. The second-order valence-electron chi connectivity index (χ2n) is 5.27. The summed E-state index contributed by atoms with van der Waals surface area (Å²) < 4.78 is 25.0. The van der Waals surface area contributed by atoms with Crippen molar-refractivity contribution in [2.24, 2.45) is 5.73 Å². The van der Waals surface area contributed by atoms with E-state index in [-0.39, 0.29) is 0 Å². The number of sulfonamides is 1. The van der Waals surface area contributed by atoms with Gasteiger partial charge in [-0.3, -0.25) is 4.31 Å².